The Hall–Kier alpha value is -2.76. The van der Waals surface area contributed by atoms with Crippen molar-refractivity contribution in [3.8, 4) is 0 Å². The van der Waals surface area contributed by atoms with Gasteiger partial charge in [0, 0.05) is 43.2 Å². The number of fused-ring (bicyclic) bond motifs is 3. The molecule has 2 N–H and O–H groups in total. The molecule has 3 aromatic rings. The highest BCUT2D eigenvalue weighted by Gasteiger charge is 2.22. The lowest BCUT2D eigenvalue weighted by atomic mass is 10.0. The lowest BCUT2D eigenvalue weighted by Gasteiger charge is -2.23. The zero-order valence-corrected chi connectivity index (χ0v) is 16.9. The van der Waals surface area contributed by atoms with Crippen LogP contribution in [-0.4, -0.2) is 35.4 Å². The van der Waals surface area contributed by atoms with Crippen LogP contribution in [0.2, 0.25) is 0 Å². The molecular weight excluding hydrogens is 365 g/mol. The number of aryl methyl sites for hydroxylation is 1. The number of rotatable bonds is 5. The summed E-state index contributed by atoms with van der Waals surface area (Å²) in [5, 5.41) is 1.26. The number of hydrogen-bond acceptors (Lipinski definition) is 3. The van der Waals surface area contributed by atoms with E-state index in [1.54, 1.807) is 12.1 Å². The summed E-state index contributed by atoms with van der Waals surface area (Å²) < 4.78 is 15.7. The van der Waals surface area contributed by atoms with Crippen LogP contribution in [0.5, 0.6) is 0 Å². The van der Waals surface area contributed by atoms with Crippen LogP contribution >= 0.6 is 0 Å². The van der Waals surface area contributed by atoms with Crippen molar-refractivity contribution in [2.24, 2.45) is 5.73 Å². The second-order valence-corrected chi connectivity index (χ2v) is 7.88. The molecule has 0 saturated carbocycles. The summed E-state index contributed by atoms with van der Waals surface area (Å²) in [6.07, 6.45) is 3.21. The summed E-state index contributed by atoms with van der Waals surface area (Å²) in [6, 6.07) is 12.8. The third kappa shape index (κ3) is 3.88. The van der Waals surface area contributed by atoms with Crippen LogP contribution in [0.25, 0.3) is 22.7 Å². The second kappa shape index (κ2) is 7.93. The van der Waals surface area contributed by atoms with E-state index in [1.807, 2.05) is 6.20 Å². The van der Waals surface area contributed by atoms with Crippen molar-refractivity contribution < 1.29 is 9.18 Å². The molecule has 0 aliphatic carbocycles. The molecule has 1 aliphatic heterocycles. The molecule has 0 spiro atoms. The Morgan fingerprint density at radius 2 is 1.97 bits per heavy atom. The molecule has 29 heavy (non-hydrogen) atoms. The van der Waals surface area contributed by atoms with Crippen LogP contribution in [0.3, 0.4) is 0 Å². The minimum atomic E-state index is -0.291. The summed E-state index contributed by atoms with van der Waals surface area (Å²) in [7, 11) is 2.14. The highest BCUT2D eigenvalue weighted by molar-refractivity contribution is 5.96. The van der Waals surface area contributed by atoms with Gasteiger partial charge in [0.15, 0.2) is 5.78 Å². The van der Waals surface area contributed by atoms with Gasteiger partial charge in [-0.05, 0) is 54.9 Å². The fourth-order valence-electron chi connectivity index (χ4n) is 4.12. The van der Waals surface area contributed by atoms with E-state index in [4.69, 9.17) is 5.73 Å². The molecular formula is C24H26FN3O. The number of carbonyl (C=O) groups excluding carboxylic acids is 1. The van der Waals surface area contributed by atoms with E-state index in [2.05, 4.69) is 41.6 Å². The van der Waals surface area contributed by atoms with Crippen molar-refractivity contribution in [1.82, 2.24) is 9.47 Å². The van der Waals surface area contributed by atoms with Gasteiger partial charge in [-0.1, -0.05) is 23.8 Å². The molecule has 4 nitrogen and oxygen atoms in total. The van der Waals surface area contributed by atoms with Gasteiger partial charge >= 0.3 is 0 Å². The Morgan fingerprint density at radius 3 is 2.69 bits per heavy atom. The maximum absolute atomic E-state index is 13.4. The van der Waals surface area contributed by atoms with Crippen molar-refractivity contribution in [1.29, 1.82) is 0 Å². The van der Waals surface area contributed by atoms with Gasteiger partial charge < -0.3 is 15.2 Å². The topological polar surface area (TPSA) is 51.3 Å². The van der Waals surface area contributed by atoms with E-state index in [9.17, 15) is 9.18 Å². The molecule has 0 radical (unpaired) electrons. The summed E-state index contributed by atoms with van der Waals surface area (Å²) in [6.45, 7) is 4.00. The maximum Gasteiger partial charge on any atom is 0.150 e. The van der Waals surface area contributed by atoms with Gasteiger partial charge in [0.2, 0.25) is 0 Å². The van der Waals surface area contributed by atoms with Gasteiger partial charge in [0.05, 0.1) is 12.1 Å². The Labute approximate surface area is 170 Å². The summed E-state index contributed by atoms with van der Waals surface area (Å²) in [5.41, 5.74) is 12.3. The van der Waals surface area contributed by atoms with E-state index >= 15 is 0 Å². The number of aromatic nitrogens is 1. The Kier molecular flexibility index (Phi) is 5.35. The predicted molar refractivity (Wildman–Crippen MR) is 116 cm³/mol. The highest BCUT2D eigenvalue weighted by atomic mass is 19.1. The van der Waals surface area contributed by atoms with Gasteiger partial charge in [0.1, 0.15) is 5.82 Å². The number of nitrogens with zero attached hydrogens (tertiary/aromatic N) is 2. The van der Waals surface area contributed by atoms with Crippen molar-refractivity contribution >= 4 is 28.5 Å². The van der Waals surface area contributed by atoms with Crippen LogP contribution in [0.4, 0.5) is 4.39 Å². The van der Waals surface area contributed by atoms with E-state index in [0.29, 0.717) is 0 Å². The monoisotopic (exact) mass is 391 g/mol. The van der Waals surface area contributed by atoms with Gasteiger partial charge in [-0.15, -0.1) is 0 Å². The quantitative estimate of drug-likeness (QED) is 0.715. The lowest BCUT2D eigenvalue weighted by molar-refractivity contribution is -0.116. The Balaban J connectivity index is 1.91. The van der Waals surface area contributed by atoms with Crippen LogP contribution in [0.15, 0.2) is 42.5 Å². The van der Waals surface area contributed by atoms with Crippen LogP contribution in [-0.2, 0) is 17.8 Å². The first-order valence-electron chi connectivity index (χ1n) is 9.95. The molecule has 0 atom stereocenters. The Bertz CT molecular complexity index is 1100. The number of halogens is 1. The molecule has 0 unspecified atom stereocenters. The predicted octanol–water partition coefficient (Wildman–Crippen LogP) is 3.99. The van der Waals surface area contributed by atoms with Gasteiger partial charge in [0.25, 0.3) is 0 Å². The second-order valence-electron chi connectivity index (χ2n) is 7.88. The van der Waals surface area contributed by atoms with Crippen LogP contribution in [0, 0.1) is 12.7 Å². The number of allylic oxidation sites excluding steroid dienone is 1. The van der Waals surface area contributed by atoms with Crippen LogP contribution in [0.1, 0.15) is 28.8 Å². The van der Waals surface area contributed by atoms with Gasteiger partial charge in [-0.2, -0.15) is 0 Å². The van der Waals surface area contributed by atoms with Crippen molar-refractivity contribution in [2.75, 3.05) is 20.1 Å². The van der Waals surface area contributed by atoms with Crippen molar-refractivity contribution in [3.05, 3.63) is 70.7 Å². The van der Waals surface area contributed by atoms with E-state index in [0.717, 1.165) is 36.2 Å². The molecule has 2 heterocycles. The minimum absolute atomic E-state index is 0.00689. The molecule has 2 aromatic carbocycles. The molecule has 0 amide bonds. The first-order chi connectivity index (χ1) is 14.0. The number of carbonyl (C=O) groups is 1. The van der Waals surface area contributed by atoms with E-state index in [-0.39, 0.29) is 24.6 Å². The Morgan fingerprint density at radius 1 is 1.21 bits per heavy atom. The molecule has 150 valence electrons. The summed E-state index contributed by atoms with van der Waals surface area (Å²) in [5.74, 6) is -0.331. The maximum atomic E-state index is 13.4. The molecule has 4 rings (SSSR count). The zero-order chi connectivity index (χ0) is 20.5. The molecule has 0 saturated heterocycles. The van der Waals surface area contributed by atoms with E-state index in [1.165, 1.54) is 34.3 Å². The summed E-state index contributed by atoms with van der Waals surface area (Å²) in [4.78, 5) is 14.5. The lowest BCUT2D eigenvalue weighted by Crippen LogP contribution is -2.26. The largest absolute Gasteiger partial charge is 0.324 e. The number of hydrogen-bond donors (Lipinski definition) is 1. The number of benzene rings is 2. The third-order valence-corrected chi connectivity index (χ3v) is 5.65. The normalized spacial score (nSPS) is 15.0. The molecule has 1 aliphatic rings. The SMILES string of the molecule is Cc1ccc2c(c1)c1c(n2C=C(CC(=O)CN)c2ccc(F)cc2)CCN(C)C1. The van der Waals surface area contributed by atoms with E-state index < -0.39 is 0 Å². The first kappa shape index (κ1) is 19.6. The number of likely N-dealkylation sites (N-methyl/N-ethyl adjacent to an activating group) is 1. The average Bonchev–Trinajstić information content (AvgIpc) is 3.00. The third-order valence-electron chi connectivity index (χ3n) is 5.65. The molecule has 1 aromatic heterocycles. The number of nitrogens with two attached hydrogens (primary N) is 1. The number of Topliss-reactive ketones (excluding diaryl/α,β-unsaturated/α-hetero) is 1. The molecule has 5 heteroatoms. The van der Waals surface area contributed by atoms with Gasteiger partial charge in [-0.25, -0.2) is 4.39 Å². The van der Waals surface area contributed by atoms with Crippen LogP contribution < -0.4 is 5.73 Å². The number of ketones is 1. The summed E-state index contributed by atoms with van der Waals surface area (Å²) >= 11 is 0. The fraction of sp³-hybridized carbons (Fsp3) is 0.292. The highest BCUT2D eigenvalue weighted by Crippen LogP contribution is 2.33. The smallest absolute Gasteiger partial charge is 0.150 e. The average molecular weight is 391 g/mol. The van der Waals surface area contributed by atoms with Gasteiger partial charge in [-0.3, -0.25) is 4.79 Å². The zero-order valence-electron chi connectivity index (χ0n) is 16.9. The van der Waals surface area contributed by atoms with Crippen molar-refractivity contribution in [2.45, 2.75) is 26.3 Å². The van der Waals surface area contributed by atoms with Crippen molar-refractivity contribution in [3.63, 3.8) is 0 Å². The standard InChI is InChI=1S/C24H26FN3O/c1-16-3-8-23-21(11-16)22-15-27(2)10-9-24(22)28(23)14-18(12-20(29)13-26)17-4-6-19(25)7-5-17/h3-8,11,14H,9-10,12-13,15,26H2,1-2H3. The first-order valence-corrected chi connectivity index (χ1v) is 9.95. The minimum Gasteiger partial charge on any atom is -0.324 e. The molecule has 0 fully saturated rings. The fourth-order valence-corrected chi connectivity index (χ4v) is 4.12. The molecule has 0 bridgehead atoms.